The Morgan fingerprint density at radius 2 is 1.87 bits per heavy atom. The molecule has 1 amide bonds. The fourth-order valence-corrected chi connectivity index (χ4v) is 4.60. The van der Waals surface area contributed by atoms with E-state index in [-0.39, 0.29) is 24.7 Å². The van der Waals surface area contributed by atoms with Gasteiger partial charge in [0.25, 0.3) is 0 Å². The first-order valence-electron chi connectivity index (χ1n) is 14.0. The van der Waals surface area contributed by atoms with Gasteiger partial charge in [0, 0.05) is 56.2 Å². The number of phosphoric ester groups is 1. The van der Waals surface area contributed by atoms with E-state index in [4.69, 9.17) is 24.0 Å². The zero-order valence-electron chi connectivity index (χ0n) is 25.0. The van der Waals surface area contributed by atoms with Crippen LogP contribution < -0.4 is 20.1 Å². The standard InChI is InChI=1S/C28H34F2N7O8P/c1-42-11-8-37(9-12-45-46(39,40)41)7-4-10-44-24-16-22-18(13-23(24)43-2)17-31-28(33-22)34-25-14-19(35-36-25)15-26(38)32-21-6-3-5-20(29)27(21)30/h3,5-6,13-14,16-17H,4,7-12,15H2,1-2H3,(H,32,38)(H2,39,40,41)(H2,31,33,34,35,36). The Morgan fingerprint density at radius 1 is 1.07 bits per heavy atom. The van der Waals surface area contributed by atoms with Crippen LogP contribution in [0, 0.1) is 11.6 Å². The van der Waals surface area contributed by atoms with Crippen LogP contribution >= 0.6 is 7.82 Å². The van der Waals surface area contributed by atoms with E-state index in [9.17, 15) is 18.1 Å². The molecule has 4 rings (SSSR count). The van der Waals surface area contributed by atoms with Crippen LogP contribution in [-0.4, -0.2) is 94.4 Å². The lowest BCUT2D eigenvalue weighted by Crippen LogP contribution is -2.32. The maximum atomic E-state index is 13.9. The largest absolute Gasteiger partial charge is 0.493 e. The quantitative estimate of drug-likeness (QED) is 0.0768. The minimum Gasteiger partial charge on any atom is -0.493 e. The molecule has 0 aliphatic rings. The van der Waals surface area contributed by atoms with Gasteiger partial charge in [0.1, 0.15) is 0 Å². The normalized spacial score (nSPS) is 11.6. The van der Waals surface area contributed by atoms with E-state index in [1.807, 2.05) is 4.90 Å². The van der Waals surface area contributed by atoms with Crippen molar-refractivity contribution in [1.29, 1.82) is 0 Å². The molecular weight excluding hydrogens is 631 g/mol. The number of benzene rings is 2. The number of ether oxygens (including phenoxy) is 3. The van der Waals surface area contributed by atoms with Gasteiger partial charge in [-0.3, -0.25) is 19.3 Å². The summed E-state index contributed by atoms with van der Waals surface area (Å²) in [5.74, 6) is -1.29. The number of methoxy groups -OCH3 is 2. The maximum Gasteiger partial charge on any atom is 0.469 e. The molecule has 0 atom stereocenters. The van der Waals surface area contributed by atoms with Gasteiger partial charge in [0.2, 0.25) is 11.9 Å². The summed E-state index contributed by atoms with van der Waals surface area (Å²) in [7, 11) is -1.46. The van der Waals surface area contributed by atoms with Crippen molar-refractivity contribution in [3.8, 4) is 11.5 Å². The Labute approximate surface area is 262 Å². The number of aromatic nitrogens is 4. The van der Waals surface area contributed by atoms with E-state index in [0.717, 1.165) is 6.07 Å². The number of aromatic amines is 1. The molecule has 0 saturated heterocycles. The lowest BCUT2D eigenvalue weighted by molar-refractivity contribution is -0.115. The van der Waals surface area contributed by atoms with E-state index in [1.165, 1.54) is 19.2 Å². The topological polar surface area (TPSA) is 193 Å². The third-order valence-electron chi connectivity index (χ3n) is 6.47. The number of fused-ring (bicyclic) bond motifs is 1. The van der Waals surface area contributed by atoms with Gasteiger partial charge in [-0.25, -0.2) is 23.3 Å². The van der Waals surface area contributed by atoms with Crippen LogP contribution in [0.25, 0.3) is 10.9 Å². The minimum atomic E-state index is -4.54. The van der Waals surface area contributed by atoms with Crippen LogP contribution in [-0.2, 0) is 25.0 Å². The number of rotatable bonds is 18. The van der Waals surface area contributed by atoms with Crippen LogP contribution in [0.2, 0.25) is 0 Å². The third kappa shape index (κ3) is 10.4. The molecule has 4 aromatic rings. The number of nitrogens with one attached hydrogen (secondary N) is 3. The van der Waals surface area contributed by atoms with Gasteiger partial charge >= 0.3 is 7.82 Å². The SMILES string of the molecule is COCCN(CCCOc1cc2nc(Nc3cc(CC(=O)Nc4cccc(F)c4F)[nH]n3)ncc2cc1OC)CCOP(=O)(O)O. The first-order valence-corrected chi connectivity index (χ1v) is 15.5. The smallest absolute Gasteiger partial charge is 0.469 e. The van der Waals surface area contributed by atoms with Crippen LogP contribution in [0.3, 0.4) is 0 Å². The minimum absolute atomic E-state index is 0.129. The molecule has 0 spiro atoms. The van der Waals surface area contributed by atoms with Gasteiger partial charge in [-0.2, -0.15) is 5.10 Å². The monoisotopic (exact) mass is 665 g/mol. The second-order valence-electron chi connectivity index (χ2n) is 9.85. The summed E-state index contributed by atoms with van der Waals surface area (Å²) in [5.41, 5.74) is 0.701. The first kappa shape index (κ1) is 34.6. The third-order valence-corrected chi connectivity index (χ3v) is 6.99. The molecule has 0 aliphatic heterocycles. The molecule has 15 nitrogen and oxygen atoms in total. The summed E-state index contributed by atoms with van der Waals surface area (Å²) in [5, 5.41) is 12.8. The van der Waals surface area contributed by atoms with Crippen molar-refractivity contribution in [3.05, 3.63) is 59.9 Å². The van der Waals surface area contributed by atoms with E-state index in [1.54, 1.807) is 31.5 Å². The highest BCUT2D eigenvalue weighted by molar-refractivity contribution is 7.46. The van der Waals surface area contributed by atoms with Gasteiger partial charge in [-0.1, -0.05) is 6.07 Å². The Bertz CT molecular complexity index is 1670. The van der Waals surface area contributed by atoms with E-state index < -0.39 is 25.4 Å². The van der Waals surface area contributed by atoms with Gasteiger partial charge in [-0.15, -0.1) is 0 Å². The van der Waals surface area contributed by atoms with Gasteiger partial charge < -0.3 is 34.6 Å². The molecule has 46 heavy (non-hydrogen) atoms. The van der Waals surface area contributed by atoms with Gasteiger partial charge in [0.05, 0.1) is 44.6 Å². The van der Waals surface area contributed by atoms with E-state index in [2.05, 4.69) is 35.3 Å². The summed E-state index contributed by atoms with van der Waals surface area (Å²) in [6, 6.07) is 8.52. The molecule has 0 saturated carbocycles. The molecule has 0 aliphatic carbocycles. The molecule has 0 fully saturated rings. The van der Waals surface area contributed by atoms with Crippen LogP contribution in [0.15, 0.2) is 42.6 Å². The number of H-pyrrole nitrogens is 1. The molecule has 2 aromatic carbocycles. The van der Waals surface area contributed by atoms with Crippen molar-refractivity contribution in [1.82, 2.24) is 25.1 Å². The van der Waals surface area contributed by atoms with Gasteiger partial charge in [0.15, 0.2) is 29.0 Å². The molecule has 18 heteroatoms. The Hall–Kier alpha value is -4.25. The number of phosphoric acid groups is 1. The highest BCUT2D eigenvalue weighted by Crippen LogP contribution is 2.35. The maximum absolute atomic E-state index is 13.9. The second kappa shape index (κ2) is 16.4. The summed E-state index contributed by atoms with van der Waals surface area (Å²) in [6.45, 7) is 2.05. The number of amides is 1. The molecule has 248 valence electrons. The van der Waals surface area contributed by atoms with E-state index in [0.29, 0.717) is 73.2 Å². The highest BCUT2D eigenvalue weighted by Gasteiger charge is 2.16. The van der Waals surface area contributed by atoms with Crippen LogP contribution in [0.4, 0.5) is 26.2 Å². The van der Waals surface area contributed by atoms with Crippen molar-refractivity contribution in [2.45, 2.75) is 12.8 Å². The van der Waals surface area contributed by atoms with Crippen molar-refractivity contribution in [2.24, 2.45) is 0 Å². The van der Waals surface area contributed by atoms with Crippen molar-refractivity contribution in [3.63, 3.8) is 0 Å². The number of carbonyl (C=O) groups excluding carboxylic acids is 1. The number of carbonyl (C=O) groups is 1. The zero-order chi connectivity index (χ0) is 33.1. The van der Waals surface area contributed by atoms with Gasteiger partial charge in [-0.05, 0) is 24.6 Å². The Balaban J connectivity index is 1.34. The molecule has 2 heterocycles. The molecule has 0 bridgehead atoms. The fraction of sp³-hybridized carbons (Fsp3) is 0.357. The van der Waals surface area contributed by atoms with Crippen LogP contribution in [0.5, 0.6) is 11.5 Å². The Kier molecular flexibility index (Phi) is 12.3. The van der Waals surface area contributed by atoms with E-state index >= 15 is 0 Å². The number of hydrogen-bond donors (Lipinski definition) is 5. The summed E-state index contributed by atoms with van der Waals surface area (Å²) >= 11 is 0. The van der Waals surface area contributed by atoms with Crippen LogP contribution in [0.1, 0.15) is 12.1 Å². The van der Waals surface area contributed by atoms with Crippen molar-refractivity contribution < 1.29 is 46.7 Å². The predicted octanol–water partition coefficient (Wildman–Crippen LogP) is 3.39. The molecular formula is C28H34F2N7O8P. The van der Waals surface area contributed by atoms with Crippen molar-refractivity contribution in [2.75, 3.05) is 64.3 Å². The summed E-state index contributed by atoms with van der Waals surface area (Å²) in [4.78, 5) is 40.9. The molecule has 0 radical (unpaired) electrons. The highest BCUT2D eigenvalue weighted by atomic mass is 31.2. The molecule has 2 aromatic heterocycles. The summed E-state index contributed by atoms with van der Waals surface area (Å²) < 4.78 is 59.4. The lowest BCUT2D eigenvalue weighted by Gasteiger charge is -2.22. The number of anilines is 3. The lowest BCUT2D eigenvalue weighted by atomic mass is 10.2. The second-order valence-corrected chi connectivity index (χ2v) is 11.1. The average molecular weight is 666 g/mol. The Morgan fingerprint density at radius 3 is 2.63 bits per heavy atom. The predicted molar refractivity (Wildman–Crippen MR) is 163 cm³/mol. The number of halogens is 2. The molecule has 5 N–H and O–H groups in total. The first-order chi connectivity index (χ1) is 22.0. The number of nitrogens with zero attached hydrogens (tertiary/aromatic N) is 4. The number of hydrogen-bond acceptors (Lipinski definition) is 11. The zero-order valence-corrected chi connectivity index (χ0v) is 25.9. The molecule has 0 unspecified atom stereocenters. The fourth-order valence-electron chi connectivity index (χ4n) is 4.28. The summed E-state index contributed by atoms with van der Waals surface area (Å²) in [6.07, 6.45) is 2.02. The van der Waals surface area contributed by atoms with Crippen molar-refractivity contribution >= 4 is 42.1 Å². The average Bonchev–Trinajstić information content (AvgIpc) is 3.45.